The molecule has 1 fully saturated rings. The number of hydrogen-bond donors (Lipinski definition) is 1. The summed E-state index contributed by atoms with van der Waals surface area (Å²) in [7, 11) is 0. The fourth-order valence-electron chi connectivity index (χ4n) is 1.68. The molecule has 1 aromatic rings. The molecule has 1 N–H and O–H groups in total. The maximum Gasteiger partial charge on any atom is 0.305 e. The van der Waals surface area contributed by atoms with Crippen LogP contribution in [0.4, 0.5) is 4.39 Å². The molecule has 1 aliphatic heterocycles. The summed E-state index contributed by atoms with van der Waals surface area (Å²) in [6, 6.07) is 4.22. The molecule has 1 saturated heterocycles. The van der Waals surface area contributed by atoms with Crippen LogP contribution >= 0.6 is 35.6 Å². The summed E-state index contributed by atoms with van der Waals surface area (Å²) >= 11 is 11.9. The number of thioether (sulfide) groups is 1. The van der Waals surface area contributed by atoms with E-state index in [0.717, 1.165) is 11.8 Å². The second-order valence-corrected chi connectivity index (χ2v) is 6.20. The Hall–Kier alpha value is -1.44. The first-order chi connectivity index (χ1) is 9.90. The fourth-order valence-corrected chi connectivity index (χ4v) is 3.19. The molecule has 0 radical (unpaired) electrons. The lowest BCUT2D eigenvalue weighted by molar-refractivity contribution is -0.137. The summed E-state index contributed by atoms with van der Waals surface area (Å²) in [6.07, 6.45) is 1.12. The summed E-state index contributed by atoms with van der Waals surface area (Å²) in [6.45, 7) is -0.0116. The van der Waals surface area contributed by atoms with Crippen molar-refractivity contribution in [3.05, 3.63) is 39.5 Å². The third-order valence-electron chi connectivity index (χ3n) is 2.70. The Morgan fingerprint density at radius 1 is 1.52 bits per heavy atom. The minimum absolute atomic E-state index is 0.0116. The zero-order chi connectivity index (χ0) is 15.6. The van der Waals surface area contributed by atoms with Gasteiger partial charge in [-0.15, -0.1) is 0 Å². The molecule has 8 heteroatoms. The second kappa shape index (κ2) is 6.55. The third kappa shape index (κ3) is 3.61. The number of halogens is 2. The van der Waals surface area contributed by atoms with Gasteiger partial charge in [-0.05, 0) is 18.2 Å². The first-order valence-electron chi connectivity index (χ1n) is 5.81. The first-order valence-corrected chi connectivity index (χ1v) is 7.41. The van der Waals surface area contributed by atoms with Crippen molar-refractivity contribution >= 4 is 57.9 Å². The minimum atomic E-state index is -1.02. The number of hydrogen-bond acceptors (Lipinski definition) is 4. The van der Waals surface area contributed by atoms with Gasteiger partial charge in [-0.25, -0.2) is 4.39 Å². The van der Waals surface area contributed by atoms with Gasteiger partial charge in [0.15, 0.2) is 0 Å². The van der Waals surface area contributed by atoms with Crippen molar-refractivity contribution in [2.45, 2.75) is 6.42 Å². The number of carboxylic acids is 1. The number of nitrogens with zero attached hydrogens (tertiary/aromatic N) is 1. The first kappa shape index (κ1) is 15.9. The van der Waals surface area contributed by atoms with E-state index in [0.29, 0.717) is 0 Å². The molecule has 21 heavy (non-hydrogen) atoms. The van der Waals surface area contributed by atoms with E-state index in [-0.39, 0.29) is 32.8 Å². The molecule has 0 unspecified atom stereocenters. The average molecular weight is 346 g/mol. The Bertz CT molecular complexity index is 643. The number of thiocarbonyl (C=S) groups is 1. The monoisotopic (exact) mass is 345 g/mol. The lowest BCUT2D eigenvalue weighted by Crippen LogP contribution is -2.30. The Labute approximate surface area is 134 Å². The summed E-state index contributed by atoms with van der Waals surface area (Å²) < 4.78 is 14.0. The van der Waals surface area contributed by atoms with E-state index >= 15 is 0 Å². The van der Waals surface area contributed by atoms with Gasteiger partial charge in [-0.3, -0.25) is 14.5 Å². The molecule has 0 saturated carbocycles. The molecular weight excluding hydrogens is 337 g/mol. The number of aliphatic carboxylic acids is 1. The van der Waals surface area contributed by atoms with Gasteiger partial charge in [0, 0.05) is 12.1 Å². The molecule has 1 aliphatic rings. The van der Waals surface area contributed by atoms with Gasteiger partial charge < -0.3 is 5.11 Å². The van der Waals surface area contributed by atoms with Crippen LogP contribution in [0.15, 0.2) is 23.1 Å². The normalized spacial score (nSPS) is 16.9. The third-order valence-corrected chi connectivity index (χ3v) is 4.41. The highest BCUT2D eigenvalue weighted by atomic mass is 35.5. The quantitative estimate of drug-likeness (QED) is 0.671. The maximum atomic E-state index is 13.7. The number of benzene rings is 1. The van der Waals surface area contributed by atoms with Gasteiger partial charge in [0.1, 0.15) is 10.1 Å². The van der Waals surface area contributed by atoms with Crippen LogP contribution in [0.1, 0.15) is 12.0 Å². The van der Waals surface area contributed by atoms with E-state index in [9.17, 15) is 14.0 Å². The molecule has 0 aromatic heterocycles. The van der Waals surface area contributed by atoms with Crippen LogP contribution in [0.3, 0.4) is 0 Å². The van der Waals surface area contributed by atoms with Crippen molar-refractivity contribution in [2.24, 2.45) is 0 Å². The number of carboxylic acid groups (broad SMARTS) is 1. The Balaban J connectivity index is 2.26. The van der Waals surface area contributed by atoms with Crippen molar-refractivity contribution in [3.8, 4) is 0 Å². The molecule has 2 rings (SSSR count). The molecule has 1 aromatic carbocycles. The largest absolute Gasteiger partial charge is 0.481 e. The van der Waals surface area contributed by atoms with Crippen molar-refractivity contribution < 1.29 is 19.1 Å². The number of carbonyl (C=O) groups excluding carboxylic acids is 1. The number of amides is 1. The summed E-state index contributed by atoms with van der Waals surface area (Å²) in [5, 5.41) is 8.84. The maximum absolute atomic E-state index is 13.7. The van der Waals surface area contributed by atoms with Crippen molar-refractivity contribution in [1.82, 2.24) is 4.90 Å². The zero-order valence-electron chi connectivity index (χ0n) is 10.5. The number of carbonyl (C=O) groups is 2. The van der Waals surface area contributed by atoms with Crippen LogP contribution < -0.4 is 0 Å². The van der Waals surface area contributed by atoms with E-state index in [4.69, 9.17) is 28.9 Å². The molecule has 0 spiro atoms. The molecule has 0 aliphatic carbocycles. The highest BCUT2D eigenvalue weighted by Crippen LogP contribution is 2.34. The van der Waals surface area contributed by atoms with Crippen molar-refractivity contribution in [1.29, 1.82) is 0 Å². The highest BCUT2D eigenvalue weighted by molar-refractivity contribution is 8.26. The lowest BCUT2D eigenvalue weighted by Gasteiger charge is -2.12. The average Bonchev–Trinajstić information content (AvgIpc) is 2.67. The van der Waals surface area contributed by atoms with Crippen LogP contribution in [0.5, 0.6) is 0 Å². The minimum Gasteiger partial charge on any atom is -0.481 e. The van der Waals surface area contributed by atoms with Crippen LogP contribution in [0.25, 0.3) is 6.08 Å². The topological polar surface area (TPSA) is 57.6 Å². The summed E-state index contributed by atoms with van der Waals surface area (Å²) in [5.41, 5.74) is 0.109. The van der Waals surface area contributed by atoms with E-state index in [1.54, 1.807) is 0 Å². The standard InChI is InChI=1S/C13H9ClFNO3S2/c14-8-2-1-3-9(15)7(8)6-10-12(19)16(13(20)21-10)5-4-11(17)18/h1-3,6H,4-5H2,(H,17,18). The Kier molecular flexibility index (Phi) is 4.97. The van der Waals surface area contributed by atoms with Crippen LogP contribution in [-0.2, 0) is 9.59 Å². The molecule has 1 heterocycles. The Morgan fingerprint density at radius 2 is 2.24 bits per heavy atom. The molecule has 0 atom stereocenters. The predicted molar refractivity (Wildman–Crippen MR) is 83.5 cm³/mol. The molecule has 4 nitrogen and oxygen atoms in total. The fraction of sp³-hybridized carbons (Fsp3) is 0.154. The molecule has 110 valence electrons. The highest BCUT2D eigenvalue weighted by Gasteiger charge is 2.32. The van der Waals surface area contributed by atoms with E-state index in [2.05, 4.69) is 0 Å². The van der Waals surface area contributed by atoms with Crippen LogP contribution in [-0.4, -0.2) is 32.7 Å². The molecular formula is C13H9ClFNO3S2. The second-order valence-electron chi connectivity index (χ2n) is 4.11. The number of rotatable bonds is 4. The van der Waals surface area contributed by atoms with Crippen molar-refractivity contribution in [3.63, 3.8) is 0 Å². The van der Waals surface area contributed by atoms with Crippen LogP contribution in [0, 0.1) is 5.82 Å². The zero-order valence-corrected chi connectivity index (χ0v) is 12.9. The smallest absolute Gasteiger partial charge is 0.305 e. The van der Waals surface area contributed by atoms with Crippen LogP contribution in [0.2, 0.25) is 5.02 Å². The summed E-state index contributed by atoms with van der Waals surface area (Å²) in [4.78, 5) is 24.1. The van der Waals surface area contributed by atoms with Gasteiger partial charge in [-0.2, -0.15) is 0 Å². The summed E-state index contributed by atoms with van der Waals surface area (Å²) in [5.74, 6) is -2.01. The molecule has 1 amide bonds. The predicted octanol–water partition coefficient (Wildman–Crippen LogP) is 3.16. The Morgan fingerprint density at radius 3 is 2.86 bits per heavy atom. The van der Waals surface area contributed by atoms with E-state index in [1.165, 1.54) is 29.2 Å². The van der Waals surface area contributed by atoms with Gasteiger partial charge in [0.2, 0.25) is 0 Å². The van der Waals surface area contributed by atoms with Gasteiger partial charge in [-0.1, -0.05) is 41.6 Å². The van der Waals surface area contributed by atoms with Gasteiger partial charge >= 0.3 is 5.97 Å². The van der Waals surface area contributed by atoms with E-state index in [1.807, 2.05) is 0 Å². The molecule has 0 bridgehead atoms. The van der Waals surface area contributed by atoms with Gasteiger partial charge in [0.05, 0.1) is 16.3 Å². The van der Waals surface area contributed by atoms with Crippen molar-refractivity contribution in [2.75, 3.05) is 6.54 Å². The SMILES string of the molecule is O=C(O)CCN1C(=O)C(=Cc2c(F)cccc2Cl)SC1=S. The van der Waals surface area contributed by atoms with Gasteiger partial charge in [0.25, 0.3) is 5.91 Å². The van der Waals surface area contributed by atoms with E-state index < -0.39 is 17.7 Å². The lowest BCUT2D eigenvalue weighted by atomic mass is 10.2.